The molecule has 0 spiro atoms. The summed E-state index contributed by atoms with van der Waals surface area (Å²) in [5.41, 5.74) is 3.35. The molecule has 2 aromatic rings. The normalized spacial score (nSPS) is 18.0. The van der Waals surface area contributed by atoms with Crippen LogP contribution in [-0.4, -0.2) is 66.0 Å². The van der Waals surface area contributed by atoms with Crippen molar-refractivity contribution >= 4 is 11.8 Å². The van der Waals surface area contributed by atoms with Gasteiger partial charge in [0.2, 0.25) is 0 Å². The maximum Gasteiger partial charge on any atom is 0.276 e. The van der Waals surface area contributed by atoms with Gasteiger partial charge in [-0.3, -0.25) is 9.59 Å². The summed E-state index contributed by atoms with van der Waals surface area (Å²) in [4.78, 5) is 33.9. The van der Waals surface area contributed by atoms with E-state index in [0.29, 0.717) is 56.7 Å². The Bertz CT molecular complexity index is 918. The molecule has 0 saturated carbocycles. The molecule has 0 aliphatic carbocycles. The Balaban J connectivity index is 1.40. The maximum absolute atomic E-state index is 12.9. The predicted molar refractivity (Wildman–Crippen MR) is 112 cm³/mol. The fraction of sp³-hybridized carbons (Fsp3) is 0.522. The molecule has 4 rings (SSSR count). The number of aryl methyl sites for hydroxylation is 3. The van der Waals surface area contributed by atoms with Crippen molar-refractivity contribution in [3.63, 3.8) is 0 Å². The molecular formula is C23H29N3O4. The van der Waals surface area contributed by atoms with Gasteiger partial charge in [-0.25, -0.2) is 4.98 Å². The van der Waals surface area contributed by atoms with E-state index in [1.165, 1.54) is 0 Å². The summed E-state index contributed by atoms with van der Waals surface area (Å²) >= 11 is 0. The lowest BCUT2D eigenvalue weighted by atomic mass is 9.96. The first-order valence-electron chi connectivity index (χ1n) is 10.6. The first-order chi connectivity index (χ1) is 14.4. The molecule has 1 aromatic heterocycles. The third kappa shape index (κ3) is 4.26. The minimum Gasteiger partial charge on any atom is -0.445 e. The first kappa shape index (κ1) is 20.6. The Morgan fingerprint density at radius 1 is 0.900 bits per heavy atom. The minimum atomic E-state index is -0.0896. The van der Waals surface area contributed by atoms with Crippen LogP contribution in [0.15, 0.2) is 22.6 Å². The number of nitrogens with zero attached hydrogens (tertiary/aromatic N) is 3. The van der Waals surface area contributed by atoms with E-state index in [4.69, 9.17) is 9.15 Å². The lowest BCUT2D eigenvalue weighted by Gasteiger charge is -2.31. The SMILES string of the molecule is Cc1cc(C)cc(C(=O)N2CCC(c3nc(C(=O)N4CCOCC4)c(C)o3)CC2)c1. The summed E-state index contributed by atoms with van der Waals surface area (Å²) in [5.74, 6) is 1.29. The number of benzene rings is 1. The monoisotopic (exact) mass is 411 g/mol. The molecule has 0 unspecified atom stereocenters. The molecule has 30 heavy (non-hydrogen) atoms. The van der Waals surface area contributed by atoms with Gasteiger partial charge < -0.3 is 19.0 Å². The Labute approximate surface area is 177 Å². The smallest absolute Gasteiger partial charge is 0.276 e. The highest BCUT2D eigenvalue weighted by Gasteiger charge is 2.30. The molecule has 2 amide bonds. The maximum atomic E-state index is 12.9. The zero-order valence-electron chi connectivity index (χ0n) is 17.9. The summed E-state index contributed by atoms with van der Waals surface area (Å²) < 4.78 is 11.2. The predicted octanol–water partition coefficient (Wildman–Crippen LogP) is 3.09. The number of hydrogen-bond donors (Lipinski definition) is 0. The molecule has 0 N–H and O–H groups in total. The van der Waals surface area contributed by atoms with Crippen molar-refractivity contribution in [2.45, 2.75) is 39.5 Å². The second kappa shape index (κ2) is 8.60. The molecule has 2 aliphatic heterocycles. The number of carbonyl (C=O) groups excluding carboxylic acids is 2. The van der Waals surface area contributed by atoms with Gasteiger partial charge in [0.05, 0.1) is 13.2 Å². The second-order valence-corrected chi connectivity index (χ2v) is 8.30. The number of hydrogen-bond acceptors (Lipinski definition) is 5. The molecule has 7 heteroatoms. The summed E-state index contributed by atoms with van der Waals surface area (Å²) in [6.45, 7) is 9.41. The molecule has 160 valence electrons. The van der Waals surface area contributed by atoms with Crippen molar-refractivity contribution in [2.75, 3.05) is 39.4 Å². The Hall–Kier alpha value is -2.67. The highest BCUT2D eigenvalue weighted by Crippen LogP contribution is 2.30. The van der Waals surface area contributed by atoms with Crippen LogP contribution in [0.4, 0.5) is 0 Å². The molecule has 2 fully saturated rings. The minimum absolute atomic E-state index is 0.0759. The van der Waals surface area contributed by atoms with Crippen LogP contribution < -0.4 is 0 Å². The van der Waals surface area contributed by atoms with Crippen LogP contribution in [0, 0.1) is 20.8 Å². The molecule has 0 bridgehead atoms. The van der Waals surface area contributed by atoms with E-state index in [-0.39, 0.29) is 17.7 Å². The van der Waals surface area contributed by atoms with E-state index in [9.17, 15) is 9.59 Å². The fourth-order valence-corrected chi connectivity index (χ4v) is 4.32. The summed E-state index contributed by atoms with van der Waals surface area (Å²) in [6.07, 6.45) is 1.56. The van der Waals surface area contributed by atoms with Crippen LogP contribution in [0.3, 0.4) is 0 Å². The van der Waals surface area contributed by atoms with Gasteiger partial charge in [0.25, 0.3) is 11.8 Å². The van der Waals surface area contributed by atoms with Gasteiger partial charge in [-0.15, -0.1) is 0 Å². The van der Waals surface area contributed by atoms with Crippen LogP contribution in [0.2, 0.25) is 0 Å². The number of piperidine rings is 1. The van der Waals surface area contributed by atoms with Crippen molar-refractivity contribution < 1.29 is 18.7 Å². The molecule has 0 radical (unpaired) electrons. The Kier molecular flexibility index (Phi) is 5.90. The molecule has 2 saturated heterocycles. The highest BCUT2D eigenvalue weighted by molar-refractivity contribution is 5.95. The first-order valence-corrected chi connectivity index (χ1v) is 10.6. The molecule has 0 atom stereocenters. The average Bonchev–Trinajstić information content (AvgIpc) is 3.14. The molecule has 3 heterocycles. The number of rotatable bonds is 3. The van der Waals surface area contributed by atoms with Gasteiger partial charge in [0.15, 0.2) is 11.6 Å². The largest absolute Gasteiger partial charge is 0.445 e. The Morgan fingerprint density at radius 3 is 2.13 bits per heavy atom. The van der Waals surface area contributed by atoms with Crippen LogP contribution in [0.25, 0.3) is 0 Å². The molecular weight excluding hydrogens is 382 g/mol. The number of ether oxygens (including phenoxy) is 1. The van der Waals surface area contributed by atoms with Crippen LogP contribution in [0.5, 0.6) is 0 Å². The summed E-state index contributed by atoms with van der Waals surface area (Å²) in [7, 11) is 0. The third-order valence-corrected chi connectivity index (χ3v) is 5.91. The average molecular weight is 412 g/mol. The highest BCUT2D eigenvalue weighted by atomic mass is 16.5. The summed E-state index contributed by atoms with van der Waals surface area (Å²) in [6, 6.07) is 5.97. The van der Waals surface area contributed by atoms with Gasteiger partial charge in [0.1, 0.15) is 5.76 Å². The number of morpholine rings is 1. The number of aromatic nitrogens is 1. The van der Waals surface area contributed by atoms with Gasteiger partial charge in [0, 0.05) is 37.7 Å². The quantitative estimate of drug-likeness (QED) is 0.776. The van der Waals surface area contributed by atoms with E-state index >= 15 is 0 Å². The van der Waals surface area contributed by atoms with Gasteiger partial charge in [-0.2, -0.15) is 0 Å². The van der Waals surface area contributed by atoms with Crippen molar-refractivity contribution in [3.8, 4) is 0 Å². The lowest BCUT2D eigenvalue weighted by molar-refractivity contribution is 0.0298. The number of oxazole rings is 1. The van der Waals surface area contributed by atoms with Gasteiger partial charge in [-0.05, 0) is 45.7 Å². The topological polar surface area (TPSA) is 75.9 Å². The summed E-state index contributed by atoms with van der Waals surface area (Å²) in [5, 5.41) is 0. The zero-order chi connectivity index (χ0) is 21.3. The van der Waals surface area contributed by atoms with E-state index < -0.39 is 0 Å². The molecule has 7 nitrogen and oxygen atoms in total. The van der Waals surface area contributed by atoms with E-state index in [0.717, 1.165) is 29.5 Å². The molecule has 1 aromatic carbocycles. The lowest BCUT2D eigenvalue weighted by Crippen LogP contribution is -2.41. The fourth-order valence-electron chi connectivity index (χ4n) is 4.32. The van der Waals surface area contributed by atoms with Gasteiger partial charge >= 0.3 is 0 Å². The van der Waals surface area contributed by atoms with Crippen molar-refractivity contribution in [1.29, 1.82) is 0 Å². The van der Waals surface area contributed by atoms with Crippen LogP contribution >= 0.6 is 0 Å². The van der Waals surface area contributed by atoms with E-state index in [1.807, 2.05) is 30.9 Å². The zero-order valence-corrected chi connectivity index (χ0v) is 17.9. The van der Waals surface area contributed by atoms with Crippen molar-refractivity contribution in [2.24, 2.45) is 0 Å². The van der Waals surface area contributed by atoms with E-state index in [2.05, 4.69) is 11.1 Å². The van der Waals surface area contributed by atoms with Crippen molar-refractivity contribution in [1.82, 2.24) is 14.8 Å². The van der Waals surface area contributed by atoms with Crippen LogP contribution in [-0.2, 0) is 4.74 Å². The van der Waals surface area contributed by atoms with E-state index in [1.54, 1.807) is 11.8 Å². The molecule has 2 aliphatic rings. The van der Waals surface area contributed by atoms with Gasteiger partial charge in [-0.1, -0.05) is 17.2 Å². The standard InChI is InChI=1S/C23H29N3O4/c1-15-12-16(2)14-19(13-15)22(27)25-6-4-18(5-7-25)21-24-20(17(3)30-21)23(28)26-8-10-29-11-9-26/h12-14,18H,4-11H2,1-3H3. The third-order valence-electron chi connectivity index (χ3n) is 5.91. The number of amides is 2. The second-order valence-electron chi connectivity index (χ2n) is 8.30. The Morgan fingerprint density at radius 2 is 1.50 bits per heavy atom. The van der Waals surface area contributed by atoms with Crippen LogP contribution in [0.1, 0.15) is 62.4 Å². The number of carbonyl (C=O) groups is 2. The van der Waals surface area contributed by atoms with Crippen molar-refractivity contribution in [3.05, 3.63) is 52.2 Å². The number of likely N-dealkylation sites (tertiary alicyclic amines) is 1.